The Bertz CT molecular complexity index is 888. The number of hydrogen-bond acceptors (Lipinski definition) is 6. The third kappa shape index (κ3) is 6.49. The fourth-order valence-corrected chi connectivity index (χ4v) is 2.71. The average Bonchev–Trinajstić information content (AvgIpc) is 2.65. The van der Waals surface area contributed by atoms with Gasteiger partial charge in [-0.1, -0.05) is 5.57 Å². The molecule has 0 bridgehead atoms. The molecule has 29 heavy (non-hydrogen) atoms. The number of pyridine rings is 2. The molecule has 1 amide bonds. The van der Waals surface area contributed by atoms with Gasteiger partial charge < -0.3 is 15.2 Å². The normalized spacial score (nSPS) is 12.9. The van der Waals surface area contributed by atoms with E-state index in [-0.39, 0.29) is 23.9 Å². The Morgan fingerprint density at radius 3 is 2.69 bits per heavy atom. The first-order valence-electron chi connectivity index (χ1n) is 8.77. The molecule has 7 nitrogen and oxygen atoms in total. The number of halogens is 2. The summed E-state index contributed by atoms with van der Waals surface area (Å²) in [5.41, 5.74) is 6.84. The maximum Gasteiger partial charge on any atom is 0.412 e. The van der Waals surface area contributed by atoms with Gasteiger partial charge in [-0.05, 0) is 44.0 Å². The Morgan fingerprint density at radius 1 is 1.34 bits per heavy atom. The second-order valence-electron chi connectivity index (χ2n) is 7.04. The van der Waals surface area contributed by atoms with Crippen molar-refractivity contribution in [3.8, 4) is 17.0 Å². The van der Waals surface area contributed by atoms with Crippen LogP contribution in [-0.4, -0.2) is 35.3 Å². The number of carbonyl (C=O) groups excluding carboxylic acids is 1. The van der Waals surface area contributed by atoms with Crippen LogP contribution in [0.5, 0.6) is 5.88 Å². The quantitative estimate of drug-likeness (QED) is 0.634. The first-order chi connectivity index (χ1) is 13.6. The molecule has 0 aromatic carbocycles. The van der Waals surface area contributed by atoms with Crippen LogP contribution in [0.2, 0.25) is 0 Å². The Kier molecular flexibility index (Phi) is 7.22. The second kappa shape index (κ2) is 9.42. The molecule has 0 saturated heterocycles. The van der Waals surface area contributed by atoms with Crippen molar-refractivity contribution in [2.24, 2.45) is 5.73 Å². The predicted octanol–water partition coefficient (Wildman–Crippen LogP) is 4.32. The van der Waals surface area contributed by atoms with Gasteiger partial charge in [0.05, 0.1) is 18.2 Å². The third-order valence-corrected chi connectivity index (χ3v) is 3.87. The van der Waals surface area contributed by atoms with Gasteiger partial charge in [0.25, 0.3) is 6.43 Å². The van der Waals surface area contributed by atoms with Crippen LogP contribution in [0.25, 0.3) is 11.1 Å². The van der Waals surface area contributed by atoms with Crippen LogP contribution in [0, 0.1) is 0 Å². The number of methoxy groups -OCH3 is 1. The first kappa shape index (κ1) is 22.2. The lowest BCUT2D eigenvalue weighted by molar-refractivity contribution is 0.139. The van der Waals surface area contributed by atoms with Crippen molar-refractivity contribution in [1.82, 2.24) is 9.97 Å². The van der Waals surface area contributed by atoms with Gasteiger partial charge in [-0.3, -0.25) is 5.32 Å². The number of anilines is 1. The number of alkyl halides is 2. The minimum Gasteiger partial charge on any atom is -0.475 e. The zero-order chi connectivity index (χ0) is 21.6. The molecule has 0 aliphatic carbocycles. The van der Waals surface area contributed by atoms with Crippen molar-refractivity contribution in [1.29, 1.82) is 0 Å². The molecule has 0 fully saturated rings. The van der Waals surface area contributed by atoms with Crippen molar-refractivity contribution in [3.63, 3.8) is 0 Å². The largest absolute Gasteiger partial charge is 0.475 e. The van der Waals surface area contributed by atoms with E-state index in [9.17, 15) is 13.6 Å². The van der Waals surface area contributed by atoms with Gasteiger partial charge in [0, 0.05) is 18.0 Å². The molecule has 2 heterocycles. The number of nitrogens with zero attached hydrogens (tertiary/aromatic N) is 2. The molecule has 0 radical (unpaired) electrons. The summed E-state index contributed by atoms with van der Waals surface area (Å²) in [6.45, 7) is 7.40. The van der Waals surface area contributed by atoms with Crippen molar-refractivity contribution in [2.45, 2.75) is 32.2 Å². The number of carbonyl (C=O) groups is 1. The lowest BCUT2D eigenvalue weighted by atomic mass is 9.96. The number of nitrogens with one attached hydrogen (secondary N) is 1. The third-order valence-electron chi connectivity index (χ3n) is 3.87. The van der Waals surface area contributed by atoms with E-state index in [2.05, 4.69) is 26.6 Å². The minimum atomic E-state index is -2.79. The molecule has 0 aliphatic rings. The number of amides is 1. The van der Waals surface area contributed by atoms with Crippen LogP contribution >= 0.6 is 0 Å². The van der Waals surface area contributed by atoms with E-state index in [1.54, 1.807) is 13.0 Å². The molecule has 2 rings (SSSR count). The van der Waals surface area contributed by atoms with Crippen molar-refractivity contribution in [3.05, 3.63) is 48.3 Å². The number of nitrogens with two attached hydrogens (primary N) is 1. The Morgan fingerprint density at radius 2 is 2.07 bits per heavy atom. The minimum absolute atomic E-state index is 0.00831. The van der Waals surface area contributed by atoms with E-state index in [1.807, 2.05) is 6.92 Å². The zero-order valence-corrected chi connectivity index (χ0v) is 16.5. The summed E-state index contributed by atoms with van der Waals surface area (Å²) in [5.74, 6) is 0.0380. The first-order valence-corrected chi connectivity index (χ1v) is 8.77. The Labute approximate surface area is 167 Å². The molecular weight excluding hydrogens is 382 g/mol. The highest BCUT2D eigenvalue weighted by atomic mass is 19.3. The Hall–Kier alpha value is -3.07. The van der Waals surface area contributed by atoms with E-state index >= 15 is 0 Å². The van der Waals surface area contributed by atoms with Crippen LogP contribution in [0.1, 0.15) is 32.3 Å². The maximum atomic E-state index is 13.6. The standard InChI is InChI=1S/C20H24F2N4O3/c1-12(2)9-20(3,23)11-29-18-15(17(21)22)7-14(10-25-18)13-5-6-24-16(8-13)26-19(27)28-4/h5-8,10,17H,1,9,11,23H2,2-4H3,(H,24,26,27)/t20-/m0/s1. The Balaban J connectivity index is 2.27. The van der Waals surface area contributed by atoms with Crippen molar-refractivity contribution >= 4 is 11.9 Å². The van der Waals surface area contributed by atoms with E-state index in [0.29, 0.717) is 17.5 Å². The molecule has 1 atom stereocenters. The second-order valence-corrected chi connectivity index (χ2v) is 7.04. The summed E-state index contributed by atoms with van der Waals surface area (Å²) in [5, 5.41) is 2.42. The number of rotatable bonds is 8. The predicted molar refractivity (Wildman–Crippen MR) is 106 cm³/mol. The highest BCUT2D eigenvalue weighted by Crippen LogP contribution is 2.32. The number of ether oxygens (including phenoxy) is 2. The van der Waals surface area contributed by atoms with Crippen molar-refractivity contribution < 1.29 is 23.0 Å². The van der Waals surface area contributed by atoms with Gasteiger partial charge in [-0.25, -0.2) is 23.5 Å². The summed E-state index contributed by atoms with van der Waals surface area (Å²) in [6.07, 6.45) is -0.154. The van der Waals surface area contributed by atoms with Crippen LogP contribution in [0.15, 0.2) is 42.7 Å². The molecule has 0 spiro atoms. The van der Waals surface area contributed by atoms with Crippen LogP contribution in [0.3, 0.4) is 0 Å². The summed E-state index contributed by atoms with van der Waals surface area (Å²) < 4.78 is 37.2. The van der Waals surface area contributed by atoms with E-state index in [0.717, 1.165) is 5.57 Å². The molecular formula is C20H24F2N4O3. The molecule has 3 N–H and O–H groups in total. The summed E-state index contributed by atoms with van der Waals surface area (Å²) in [7, 11) is 1.22. The van der Waals surface area contributed by atoms with Crippen molar-refractivity contribution in [2.75, 3.05) is 19.0 Å². The molecule has 0 aliphatic heterocycles. The van der Waals surface area contributed by atoms with Crippen LogP contribution in [-0.2, 0) is 4.74 Å². The average molecular weight is 406 g/mol. The lowest BCUT2D eigenvalue weighted by Gasteiger charge is -2.25. The monoisotopic (exact) mass is 406 g/mol. The van der Waals surface area contributed by atoms with Crippen LogP contribution < -0.4 is 15.8 Å². The molecule has 2 aromatic heterocycles. The number of aromatic nitrogens is 2. The van der Waals surface area contributed by atoms with E-state index in [4.69, 9.17) is 10.5 Å². The van der Waals surface area contributed by atoms with Crippen LogP contribution in [0.4, 0.5) is 19.4 Å². The molecule has 9 heteroatoms. The van der Waals surface area contributed by atoms with Gasteiger partial charge in [-0.2, -0.15) is 0 Å². The topological polar surface area (TPSA) is 99.4 Å². The summed E-state index contributed by atoms with van der Waals surface area (Å²) in [6, 6.07) is 4.42. The van der Waals surface area contributed by atoms with E-state index < -0.39 is 18.1 Å². The van der Waals surface area contributed by atoms with Gasteiger partial charge in [-0.15, -0.1) is 6.58 Å². The highest BCUT2D eigenvalue weighted by molar-refractivity contribution is 5.84. The van der Waals surface area contributed by atoms with Gasteiger partial charge >= 0.3 is 6.09 Å². The fraction of sp³-hybridized carbons (Fsp3) is 0.350. The fourth-order valence-electron chi connectivity index (χ4n) is 2.71. The summed E-state index contributed by atoms with van der Waals surface area (Å²) in [4.78, 5) is 19.4. The number of hydrogen-bond donors (Lipinski definition) is 2. The summed E-state index contributed by atoms with van der Waals surface area (Å²) >= 11 is 0. The molecule has 2 aromatic rings. The van der Waals surface area contributed by atoms with Gasteiger partial charge in [0.2, 0.25) is 5.88 Å². The van der Waals surface area contributed by atoms with E-state index in [1.165, 1.54) is 31.6 Å². The molecule has 0 unspecified atom stereocenters. The lowest BCUT2D eigenvalue weighted by Crippen LogP contribution is -2.42. The van der Waals surface area contributed by atoms with Gasteiger partial charge in [0.15, 0.2) is 0 Å². The molecule has 0 saturated carbocycles. The maximum absolute atomic E-state index is 13.6. The zero-order valence-electron chi connectivity index (χ0n) is 16.5. The smallest absolute Gasteiger partial charge is 0.412 e. The molecule has 156 valence electrons. The highest BCUT2D eigenvalue weighted by Gasteiger charge is 2.23. The van der Waals surface area contributed by atoms with Gasteiger partial charge in [0.1, 0.15) is 12.4 Å². The SMILES string of the molecule is C=C(C)C[C@](C)(N)COc1ncc(-c2ccnc(NC(=O)OC)c2)cc1C(F)F.